The Kier molecular flexibility index (Phi) is 9.85. The molecule has 0 saturated heterocycles. The molecule has 0 unspecified atom stereocenters. The molecule has 1 fully saturated rings. The average Bonchev–Trinajstić information content (AvgIpc) is 1.59. The molecule has 0 heterocycles. The van der Waals surface area contributed by atoms with Gasteiger partial charge in [0, 0.05) is 0 Å². The summed E-state index contributed by atoms with van der Waals surface area (Å²) >= 11 is 0. The molecule has 0 aromatic carbocycles. The van der Waals surface area contributed by atoms with Gasteiger partial charge in [0.25, 0.3) is 0 Å². The van der Waals surface area contributed by atoms with Crippen LogP contribution >= 0.6 is 0 Å². The van der Waals surface area contributed by atoms with Gasteiger partial charge in [0.1, 0.15) is 0 Å². The lowest BCUT2D eigenvalue weighted by Gasteiger charge is -2.22. The Hall–Kier alpha value is -0.0800. The van der Waals surface area contributed by atoms with E-state index in [0.717, 1.165) is 5.92 Å². The molecule has 0 aromatic heterocycles. The second-order valence-corrected chi connectivity index (χ2v) is 3.55. The van der Waals surface area contributed by atoms with Gasteiger partial charge in [-0.15, -0.1) is 0 Å². The van der Waals surface area contributed by atoms with Gasteiger partial charge < -0.3 is 11.1 Å². The first-order valence-electron chi connectivity index (χ1n) is 4.27. The van der Waals surface area contributed by atoms with E-state index in [1.165, 1.54) is 25.7 Å². The summed E-state index contributed by atoms with van der Waals surface area (Å²) in [6.45, 7) is 2.28. The fourth-order valence-electron chi connectivity index (χ4n) is 0.901. The third-order valence-corrected chi connectivity index (χ3v) is 1.80. The highest BCUT2D eigenvalue weighted by molar-refractivity contribution is 4.66. The van der Waals surface area contributed by atoms with E-state index in [2.05, 4.69) is 6.92 Å². The van der Waals surface area contributed by atoms with Crippen molar-refractivity contribution in [1.82, 2.24) is 11.1 Å². The van der Waals surface area contributed by atoms with E-state index < -0.39 is 0 Å². The summed E-state index contributed by atoms with van der Waals surface area (Å²) in [6.07, 6.45) is 5.94. The first-order chi connectivity index (χ1) is 4.66. The normalized spacial score (nSPS) is 16.1. The molecule has 0 radical (unpaired) electrons. The van der Waals surface area contributed by atoms with Gasteiger partial charge >= 0.3 is 0 Å². The summed E-state index contributed by atoms with van der Waals surface area (Å²) in [6, 6.07) is 0. The van der Waals surface area contributed by atoms with Crippen molar-refractivity contribution >= 4 is 0 Å². The molecule has 3 N–H and O–H groups in total. The summed E-state index contributed by atoms with van der Waals surface area (Å²) in [7, 11) is 6.00. The number of hydrogen-bond donors (Lipinski definition) is 1. The number of nitrogens with zero attached hydrogens (tertiary/aromatic N) is 1. The molecule has 0 bridgehead atoms. The van der Waals surface area contributed by atoms with Gasteiger partial charge in [-0.1, -0.05) is 32.6 Å². The molecule has 11 heavy (non-hydrogen) atoms. The quantitative estimate of drug-likeness (QED) is 0.640. The van der Waals surface area contributed by atoms with E-state index in [0.29, 0.717) is 0 Å². The Balaban J connectivity index is 0. The summed E-state index contributed by atoms with van der Waals surface area (Å²) in [4.78, 5) is 2.00. The predicted molar refractivity (Wildman–Crippen MR) is 52.3 cm³/mol. The maximum atomic E-state index is 2.28. The number of hydrogen-bond acceptors (Lipinski definition) is 2. The minimum absolute atomic E-state index is 0. The van der Waals surface area contributed by atoms with Crippen LogP contribution in [0.3, 0.4) is 0 Å². The molecule has 70 valence electrons. The fourth-order valence-corrected chi connectivity index (χ4v) is 0.901. The topological polar surface area (TPSA) is 38.2 Å². The van der Waals surface area contributed by atoms with Crippen molar-refractivity contribution in [3.8, 4) is 0 Å². The van der Waals surface area contributed by atoms with Gasteiger partial charge in [-0.25, -0.2) is 0 Å². The maximum Gasteiger partial charge on any atom is -0.0140 e. The smallest absolute Gasteiger partial charge is 0.0140 e. The van der Waals surface area contributed by atoms with E-state index in [1.807, 2.05) is 26.0 Å². The molecule has 1 aliphatic carbocycles. The van der Waals surface area contributed by atoms with E-state index in [-0.39, 0.29) is 6.15 Å². The molecule has 0 aliphatic heterocycles. The monoisotopic (exact) mass is 160 g/mol. The third-order valence-electron chi connectivity index (χ3n) is 1.80. The molecule has 1 saturated carbocycles. The first-order valence-corrected chi connectivity index (χ1v) is 4.27. The highest BCUT2D eigenvalue weighted by Gasteiger charge is 2.13. The minimum Gasteiger partial charge on any atom is -0.344 e. The van der Waals surface area contributed by atoms with Crippen molar-refractivity contribution in [2.75, 3.05) is 21.1 Å². The summed E-state index contributed by atoms with van der Waals surface area (Å²) in [5, 5.41) is 0. The Morgan fingerprint density at radius 2 is 1.55 bits per heavy atom. The average molecular weight is 160 g/mol. The van der Waals surface area contributed by atoms with Crippen LogP contribution in [0.1, 0.15) is 32.6 Å². The summed E-state index contributed by atoms with van der Waals surface area (Å²) < 4.78 is 0. The zero-order valence-corrected chi connectivity index (χ0v) is 8.56. The highest BCUT2D eigenvalue weighted by atomic mass is 15.0. The van der Waals surface area contributed by atoms with Crippen molar-refractivity contribution in [2.24, 2.45) is 5.92 Å². The van der Waals surface area contributed by atoms with Gasteiger partial charge in [-0.3, -0.25) is 0 Å². The molecule has 2 nitrogen and oxygen atoms in total. The molecular formula is C9H24N2. The number of rotatable bonds is 1. The molecule has 1 aliphatic rings. The molecule has 0 spiro atoms. The standard InChI is InChI=1S/C6H12.C3H9N.H3N/c1-2-6-4-3-5-6;1-4(2)3;/h6H,2-5H2,1H3;1-3H3;1H3. The van der Waals surface area contributed by atoms with Crippen LogP contribution in [0.2, 0.25) is 0 Å². The van der Waals surface area contributed by atoms with Gasteiger partial charge in [-0.2, -0.15) is 0 Å². The maximum absolute atomic E-state index is 2.28. The van der Waals surface area contributed by atoms with Gasteiger partial charge in [0.05, 0.1) is 0 Å². The van der Waals surface area contributed by atoms with Crippen LogP contribution in [0, 0.1) is 5.92 Å². The van der Waals surface area contributed by atoms with Gasteiger partial charge in [-0.05, 0) is 27.1 Å². The van der Waals surface area contributed by atoms with E-state index in [1.54, 1.807) is 0 Å². The molecule has 0 atom stereocenters. The molecule has 2 heteroatoms. The van der Waals surface area contributed by atoms with E-state index >= 15 is 0 Å². The molecule has 1 rings (SSSR count). The van der Waals surface area contributed by atoms with Gasteiger partial charge in [0.2, 0.25) is 0 Å². The van der Waals surface area contributed by atoms with Crippen LogP contribution in [0.5, 0.6) is 0 Å². The fraction of sp³-hybridized carbons (Fsp3) is 1.00. The Bertz CT molecular complexity index is 62.5. The van der Waals surface area contributed by atoms with Crippen LogP contribution in [-0.4, -0.2) is 26.0 Å². The minimum atomic E-state index is 0. The lowest BCUT2D eigenvalue weighted by Crippen LogP contribution is -2.08. The zero-order valence-electron chi connectivity index (χ0n) is 8.56. The second-order valence-electron chi connectivity index (χ2n) is 3.55. The highest BCUT2D eigenvalue weighted by Crippen LogP contribution is 2.28. The van der Waals surface area contributed by atoms with Crippen molar-refractivity contribution in [3.05, 3.63) is 0 Å². The lowest BCUT2D eigenvalue weighted by molar-refractivity contribution is 0.307. The van der Waals surface area contributed by atoms with Crippen LogP contribution in [-0.2, 0) is 0 Å². The van der Waals surface area contributed by atoms with Crippen LogP contribution in [0.15, 0.2) is 0 Å². The van der Waals surface area contributed by atoms with Crippen molar-refractivity contribution < 1.29 is 0 Å². The van der Waals surface area contributed by atoms with Crippen LogP contribution < -0.4 is 6.15 Å². The van der Waals surface area contributed by atoms with Crippen molar-refractivity contribution in [1.29, 1.82) is 0 Å². The van der Waals surface area contributed by atoms with Gasteiger partial charge in [0.15, 0.2) is 0 Å². The summed E-state index contributed by atoms with van der Waals surface area (Å²) in [5.41, 5.74) is 0. The molecular weight excluding hydrogens is 136 g/mol. The van der Waals surface area contributed by atoms with Crippen molar-refractivity contribution in [2.45, 2.75) is 32.6 Å². The van der Waals surface area contributed by atoms with Crippen molar-refractivity contribution in [3.63, 3.8) is 0 Å². The molecule has 0 aromatic rings. The van der Waals surface area contributed by atoms with E-state index in [9.17, 15) is 0 Å². The Morgan fingerprint density at radius 3 is 1.55 bits per heavy atom. The second kappa shape index (κ2) is 8.02. The Morgan fingerprint density at radius 1 is 1.18 bits per heavy atom. The molecule has 0 amide bonds. The largest absolute Gasteiger partial charge is 0.344 e. The zero-order chi connectivity index (χ0) is 7.98. The first kappa shape index (κ1) is 13.5. The third kappa shape index (κ3) is 9.92. The lowest BCUT2D eigenvalue weighted by atomic mass is 9.84. The predicted octanol–water partition coefficient (Wildman–Crippen LogP) is 2.54. The van der Waals surface area contributed by atoms with Crippen LogP contribution in [0.4, 0.5) is 0 Å². The van der Waals surface area contributed by atoms with Crippen LogP contribution in [0.25, 0.3) is 0 Å². The summed E-state index contributed by atoms with van der Waals surface area (Å²) in [5.74, 6) is 1.12. The Labute approximate surface area is 71.6 Å². The SMILES string of the molecule is CCC1CCC1.CN(C)C.N. The van der Waals surface area contributed by atoms with E-state index in [4.69, 9.17) is 0 Å².